The lowest BCUT2D eigenvalue weighted by Gasteiger charge is -2.33. The van der Waals surface area contributed by atoms with Crippen molar-refractivity contribution in [1.82, 2.24) is 9.97 Å². The summed E-state index contributed by atoms with van der Waals surface area (Å²) < 4.78 is 0. The molecule has 18 heavy (non-hydrogen) atoms. The van der Waals surface area contributed by atoms with Crippen LogP contribution in [0.4, 0.5) is 5.82 Å². The third-order valence-corrected chi connectivity index (χ3v) is 3.84. The van der Waals surface area contributed by atoms with E-state index in [0.717, 1.165) is 38.1 Å². The van der Waals surface area contributed by atoms with E-state index in [1.165, 1.54) is 19.2 Å². The van der Waals surface area contributed by atoms with Gasteiger partial charge in [-0.15, -0.1) is 0 Å². The number of hydrogen-bond acceptors (Lipinski definition) is 4. The summed E-state index contributed by atoms with van der Waals surface area (Å²) in [4.78, 5) is 21.3. The molecule has 0 unspecified atom stereocenters. The van der Waals surface area contributed by atoms with Crippen LogP contribution in [0.1, 0.15) is 43.0 Å². The predicted octanol–water partition coefficient (Wildman–Crippen LogP) is 2.96. The summed E-state index contributed by atoms with van der Waals surface area (Å²) in [7, 11) is 0. The molecular formula is C13H18ClN3O. The van der Waals surface area contributed by atoms with E-state index in [0.29, 0.717) is 11.4 Å². The molecule has 4 nitrogen and oxygen atoms in total. The molecule has 0 radical (unpaired) electrons. The summed E-state index contributed by atoms with van der Waals surface area (Å²) in [6, 6.07) is 0. The number of anilines is 1. The van der Waals surface area contributed by atoms with Crippen LogP contribution < -0.4 is 4.90 Å². The van der Waals surface area contributed by atoms with Crippen LogP contribution in [0, 0.1) is 5.92 Å². The van der Waals surface area contributed by atoms with Crippen molar-refractivity contribution in [2.45, 2.75) is 32.6 Å². The fraction of sp³-hybridized carbons (Fsp3) is 0.615. The van der Waals surface area contributed by atoms with Gasteiger partial charge in [0.15, 0.2) is 6.29 Å². The number of aromatic nitrogens is 2. The molecule has 1 aliphatic rings. The Morgan fingerprint density at radius 2 is 2.17 bits per heavy atom. The molecule has 98 valence electrons. The maximum Gasteiger partial charge on any atom is 0.156 e. The molecule has 2 heterocycles. The van der Waals surface area contributed by atoms with E-state index in [4.69, 9.17) is 11.6 Å². The van der Waals surface area contributed by atoms with Crippen LogP contribution in [0.25, 0.3) is 0 Å². The number of aldehydes is 1. The van der Waals surface area contributed by atoms with E-state index in [-0.39, 0.29) is 5.15 Å². The molecule has 1 aliphatic heterocycles. The second-order valence-electron chi connectivity index (χ2n) is 4.74. The van der Waals surface area contributed by atoms with Crippen LogP contribution in [-0.4, -0.2) is 29.3 Å². The minimum Gasteiger partial charge on any atom is -0.356 e. The van der Waals surface area contributed by atoms with E-state index in [1.807, 2.05) is 0 Å². The zero-order chi connectivity index (χ0) is 13.0. The number of carbonyl (C=O) groups is 1. The third-order valence-electron chi connectivity index (χ3n) is 3.54. The van der Waals surface area contributed by atoms with E-state index in [2.05, 4.69) is 21.8 Å². The highest BCUT2D eigenvalue weighted by molar-refractivity contribution is 6.32. The maximum absolute atomic E-state index is 11.1. The highest BCUT2D eigenvalue weighted by Gasteiger charge is 2.22. The van der Waals surface area contributed by atoms with Gasteiger partial charge in [0.25, 0.3) is 0 Å². The van der Waals surface area contributed by atoms with Gasteiger partial charge in [0.05, 0.1) is 5.56 Å². The second kappa shape index (κ2) is 6.14. The van der Waals surface area contributed by atoms with Gasteiger partial charge < -0.3 is 4.90 Å². The fourth-order valence-electron chi connectivity index (χ4n) is 2.56. The van der Waals surface area contributed by atoms with Gasteiger partial charge in [0, 0.05) is 13.1 Å². The molecule has 5 heteroatoms. The van der Waals surface area contributed by atoms with Crippen molar-refractivity contribution < 1.29 is 4.79 Å². The van der Waals surface area contributed by atoms with Crippen LogP contribution in [-0.2, 0) is 0 Å². The summed E-state index contributed by atoms with van der Waals surface area (Å²) >= 11 is 5.92. The first-order valence-electron chi connectivity index (χ1n) is 6.46. The molecule has 0 aliphatic carbocycles. The smallest absolute Gasteiger partial charge is 0.156 e. The molecular weight excluding hydrogens is 250 g/mol. The molecule has 1 fully saturated rings. The molecule has 0 spiro atoms. The van der Waals surface area contributed by atoms with E-state index >= 15 is 0 Å². The Morgan fingerprint density at radius 3 is 2.78 bits per heavy atom. The molecule has 0 aromatic carbocycles. The van der Waals surface area contributed by atoms with Gasteiger partial charge in [0.1, 0.15) is 17.3 Å². The van der Waals surface area contributed by atoms with Crippen molar-refractivity contribution >= 4 is 23.7 Å². The SMILES string of the molecule is CCCC1CCN(c2ncnc(Cl)c2C=O)CC1. The maximum atomic E-state index is 11.1. The molecule has 0 amide bonds. The Kier molecular flexibility index (Phi) is 4.53. The van der Waals surface area contributed by atoms with Crippen molar-refractivity contribution in [3.63, 3.8) is 0 Å². The number of hydrogen-bond donors (Lipinski definition) is 0. The van der Waals surface area contributed by atoms with E-state index in [1.54, 1.807) is 0 Å². The second-order valence-corrected chi connectivity index (χ2v) is 5.10. The number of halogens is 1. The highest BCUT2D eigenvalue weighted by Crippen LogP contribution is 2.28. The Hall–Kier alpha value is -1.16. The molecule has 0 atom stereocenters. The zero-order valence-corrected chi connectivity index (χ0v) is 11.4. The first-order valence-corrected chi connectivity index (χ1v) is 6.84. The lowest BCUT2D eigenvalue weighted by atomic mass is 9.92. The van der Waals surface area contributed by atoms with Gasteiger partial charge in [0.2, 0.25) is 0 Å². The van der Waals surface area contributed by atoms with Crippen LogP contribution in [0.15, 0.2) is 6.33 Å². The summed E-state index contributed by atoms with van der Waals surface area (Å²) in [5.74, 6) is 1.49. The van der Waals surface area contributed by atoms with Gasteiger partial charge in [-0.1, -0.05) is 31.4 Å². The lowest BCUT2D eigenvalue weighted by molar-refractivity contribution is 0.112. The number of carbonyl (C=O) groups excluding carboxylic acids is 1. The molecule has 0 bridgehead atoms. The van der Waals surface area contributed by atoms with Crippen molar-refractivity contribution in [1.29, 1.82) is 0 Å². The van der Waals surface area contributed by atoms with Gasteiger partial charge in [-0.3, -0.25) is 4.79 Å². The van der Waals surface area contributed by atoms with Crippen LogP contribution in [0.3, 0.4) is 0 Å². The molecule has 1 aromatic rings. The minimum atomic E-state index is 0.241. The molecule has 0 N–H and O–H groups in total. The number of rotatable bonds is 4. The Balaban J connectivity index is 2.10. The minimum absolute atomic E-state index is 0.241. The van der Waals surface area contributed by atoms with E-state index in [9.17, 15) is 4.79 Å². The predicted molar refractivity (Wildman–Crippen MR) is 72.3 cm³/mol. The lowest BCUT2D eigenvalue weighted by Crippen LogP contribution is -2.35. The fourth-order valence-corrected chi connectivity index (χ4v) is 2.73. The Bertz CT molecular complexity index is 417. The third kappa shape index (κ3) is 2.80. The first-order chi connectivity index (χ1) is 8.76. The highest BCUT2D eigenvalue weighted by atomic mass is 35.5. The van der Waals surface area contributed by atoms with Gasteiger partial charge in [-0.05, 0) is 18.8 Å². The van der Waals surface area contributed by atoms with Gasteiger partial charge >= 0.3 is 0 Å². The van der Waals surface area contributed by atoms with Crippen molar-refractivity contribution in [3.8, 4) is 0 Å². The normalized spacial score (nSPS) is 16.9. The molecule has 0 saturated carbocycles. The number of piperidine rings is 1. The van der Waals surface area contributed by atoms with Crippen LogP contribution in [0.5, 0.6) is 0 Å². The van der Waals surface area contributed by atoms with Crippen LogP contribution >= 0.6 is 11.6 Å². The number of nitrogens with zero attached hydrogens (tertiary/aromatic N) is 3. The monoisotopic (exact) mass is 267 g/mol. The summed E-state index contributed by atoms with van der Waals surface area (Å²) in [5, 5.41) is 0.241. The molecule has 1 aromatic heterocycles. The summed E-state index contributed by atoms with van der Waals surface area (Å²) in [5.41, 5.74) is 0.410. The average Bonchev–Trinajstić information content (AvgIpc) is 2.40. The zero-order valence-electron chi connectivity index (χ0n) is 10.6. The van der Waals surface area contributed by atoms with Crippen LogP contribution in [0.2, 0.25) is 5.15 Å². The Labute approximate surface area is 112 Å². The topological polar surface area (TPSA) is 46.1 Å². The van der Waals surface area contributed by atoms with Gasteiger partial charge in [-0.25, -0.2) is 9.97 Å². The van der Waals surface area contributed by atoms with E-state index < -0.39 is 0 Å². The quantitative estimate of drug-likeness (QED) is 0.622. The average molecular weight is 268 g/mol. The standard InChI is InChI=1S/C13H18ClN3O/c1-2-3-10-4-6-17(7-5-10)13-11(8-18)12(14)15-9-16-13/h8-10H,2-7H2,1H3. The Morgan fingerprint density at radius 1 is 1.44 bits per heavy atom. The molecule has 2 rings (SSSR count). The van der Waals surface area contributed by atoms with Crippen molar-refractivity contribution in [2.24, 2.45) is 5.92 Å². The molecule has 1 saturated heterocycles. The largest absolute Gasteiger partial charge is 0.356 e. The first kappa shape index (κ1) is 13.3. The van der Waals surface area contributed by atoms with Crippen molar-refractivity contribution in [2.75, 3.05) is 18.0 Å². The summed E-state index contributed by atoms with van der Waals surface area (Å²) in [6.45, 7) is 4.11. The van der Waals surface area contributed by atoms with Gasteiger partial charge in [-0.2, -0.15) is 0 Å². The summed E-state index contributed by atoms with van der Waals surface area (Å²) in [6.07, 6.45) is 7.02. The van der Waals surface area contributed by atoms with Crippen molar-refractivity contribution in [3.05, 3.63) is 17.0 Å².